The molecule has 0 aliphatic carbocycles. The van der Waals surface area contributed by atoms with E-state index in [9.17, 15) is 9.90 Å². The molecule has 3 rings (SSSR count). The number of carbonyl (C=O) groups excluding carboxylic acids is 1. The fourth-order valence-electron chi connectivity index (χ4n) is 2.44. The number of tetrazole rings is 1. The average Bonchev–Trinajstić information content (AvgIpc) is 3.13. The van der Waals surface area contributed by atoms with Gasteiger partial charge in [-0.05, 0) is 48.0 Å². The molecule has 0 saturated carbocycles. The van der Waals surface area contributed by atoms with Gasteiger partial charge in [0.25, 0.3) is 0 Å². The van der Waals surface area contributed by atoms with E-state index >= 15 is 0 Å². The number of carbonyl (C=O) groups is 1. The van der Waals surface area contributed by atoms with Gasteiger partial charge < -0.3 is 9.84 Å². The van der Waals surface area contributed by atoms with Gasteiger partial charge in [-0.25, -0.2) is 0 Å². The second-order valence-corrected chi connectivity index (χ2v) is 7.01. The van der Waals surface area contributed by atoms with Crippen LogP contribution in [0.3, 0.4) is 0 Å². The molecule has 3 aromatic rings. The number of Topliss-reactive ketones (excluding diaryl/α,β-unsaturated/α-hetero) is 1. The predicted octanol–water partition coefficient (Wildman–Crippen LogP) is 2.71. The highest BCUT2D eigenvalue weighted by molar-refractivity contribution is 7.99. The van der Waals surface area contributed by atoms with Crippen LogP contribution < -0.4 is 4.74 Å². The van der Waals surface area contributed by atoms with E-state index in [4.69, 9.17) is 4.74 Å². The number of nitrogens with zero attached hydrogens (tertiary/aromatic N) is 4. The van der Waals surface area contributed by atoms with Gasteiger partial charge in [0.05, 0.1) is 11.8 Å². The number of rotatable bonds is 8. The van der Waals surface area contributed by atoms with Gasteiger partial charge in [0.2, 0.25) is 5.16 Å². The molecule has 0 bridgehead atoms. The molecular formula is C19H20N4O3S. The number of hydrogen-bond acceptors (Lipinski definition) is 7. The Morgan fingerprint density at radius 2 is 2.07 bits per heavy atom. The van der Waals surface area contributed by atoms with E-state index in [0.29, 0.717) is 22.2 Å². The summed E-state index contributed by atoms with van der Waals surface area (Å²) in [4.78, 5) is 11.4. The van der Waals surface area contributed by atoms with Crippen LogP contribution in [0.25, 0.3) is 5.69 Å². The molecule has 0 spiro atoms. The van der Waals surface area contributed by atoms with Crippen molar-refractivity contribution in [3.63, 3.8) is 0 Å². The van der Waals surface area contributed by atoms with Crippen LogP contribution in [0.1, 0.15) is 22.8 Å². The molecule has 1 atom stereocenters. The molecule has 1 N–H and O–H groups in total. The van der Waals surface area contributed by atoms with Crippen molar-refractivity contribution in [1.29, 1.82) is 0 Å². The van der Waals surface area contributed by atoms with Gasteiger partial charge in [0, 0.05) is 11.3 Å². The molecule has 7 nitrogen and oxygen atoms in total. The van der Waals surface area contributed by atoms with E-state index in [1.165, 1.54) is 18.7 Å². The van der Waals surface area contributed by atoms with Crippen molar-refractivity contribution in [2.45, 2.75) is 25.1 Å². The molecule has 0 aliphatic rings. The van der Waals surface area contributed by atoms with E-state index in [0.717, 1.165) is 11.3 Å². The van der Waals surface area contributed by atoms with Crippen LogP contribution >= 0.6 is 11.8 Å². The van der Waals surface area contributed by atoms with E-state index in [1.54, 1.807) is 28.9 Å². The van der Waals surface area contributed by atoms with Crippen LogP contribution in [0.15, 0.2) is 53.7 Å². The lowest BCUT2D eigenvalue weighted by molar-refractivity contribution is 0.101. The quantitative estimate of drug-likeness (QED) is 0.472. The topological polar surface area (TPSA) is 90.1 Å². The van der Waals surface area contributed by atoms with Crippen molar-refractivity contribution in [3.05, 3.63) is 59.7 Å². The number of ketones is 1. The number of thioether (sulfide) groups is 1. The Labute approximate surface area is 161 Å². The molecule has 0 amide bonds. The molecular weight excluding hydrogens is 364 g/mol. The van der Waals surface area contributed by atoms with Gasteiger partial charge >= 0.3 is 0 Å². The van der Waals surface area contributed by atoms with Crippen LogP contribution in [0.2, 0.25) is 0 Å². The number of aryl methyl sites for hydroxylation is 1. The molecule has 0 radical (unpaired) electrons. The fourth-order valence-corrected chi connectivity index (χ4v) is 3.23. The summed E-state index contributed by atoms with van der Waals surface area (Å²) in [5, 5.41) is 22.6. The minimum absolute atomic E-state index is 0.0282. The first-order valence-corrected chi connectivity index (χ1v) is 9.42. The van der Waals surface area contributed by atoms with Gasteiger partial charge in [-0.3, -0.25) is 4.79 Å². The van der Waals surface area contributed by atoms with Gasteiger partial charge in [-0.15, -0.1) is 5.10 Å². The normalized spacial score (nSPS) is 12.0. The number of para-hydroxylation sites is 1. The van der Waals surface area contributed by atoms with Crippen LogP contribution in [0, 0.1) is 6.92 Å². The number of benzene rings is 2. The summed E-state index contributed by atoms with van der Waals surface area (Å²) < 4.78 is 7.25. The Bertz CT molecular complexity index is 929. The first kappa shape index (κ1) is 19.1. The maximum atomic E-state index is 11.4. The lowest BCUT2D eigenvalue weighted by Crippen LogP contribution is -2.20. The standard InChI is InChI=1S/C19H20N4O3S/c1-13-6-3-4-9-18(13)23-19(20-21-22-23)27-12-16(25)11-26-17-8-5-7-15(10-17)14(2)24/h3-10,16,25H,11-12H2,1-2H3/t16-/m1/s1. The summed E-state index contributed by atoms with van der Waals surface area (Å²) in [5.74, 6) is 0.898. The molecule has 0 saturated heterocycles. The molecule has 140 valence electrons. The highest BCUT2D eigenvalue weighted by Gasteiger charge is 2.14. The first-order chi connectivity index (χ1) is 13.0. The molecule has 8 heteroatoms. The summed E-state index contributed by atoms with van der Waals surface area (Å²) in [5.41, 5.74) is 2.53. The van der Waals surface area contributed by atoms with Gasteiger partial charge in [0.1, 0.15) is 12.4 Å². The number of ether oxygens (including phenoxy) is 1. The fraction of sp³-hybridized carbons (Fsp3) is 0.263. The molecule has 0 unspecified atom stereocenters. The van der Waals surface area contributed by atoms with Crippen molar-refractivity contribution in [1.82, 2.24) is 20.2 Å². The largest absolute Gasteiger partial charge is 0.491 e. The summed E-state index contributed by atoms with van der Waals surface area (Å²) in [6.07, 6.45) is -0.710. The minimum Gasteiger partial charge on any atom is -0.491 e. The lowest BCUT2D eigenvalue weighted by Gasteiger charge is -2.12. The summed E-state index contributed by atoms with van der Waals surface area (Å²) >= 11 is 1.35. The van der Waals surface area contributed by atoms with Crippen LogP contribution in [-0.4, -0.2) is 49.6 Å². The minimum atomic E-state index is -0.710. The number of aromatic nitrogens is 4. The third-order valence-electron chi connectivity index (χ3n) is 3.87. The maximum absolute atomic E-state index is 11.4. The number of aliphatic hydroxyl groups is 1. The summed E-state index contributed by atoms with van der Waals surface area (Å²) in [7, 11) is 0. The predicted molar refractivity (Wildman–Crippen MR) is 103 cm³/mol. The molecule has 1 heterocycles. The SMILES string of the molecule is CC(=O)c1cccc(OC[C@@H](O)CSc2nnnn2-c2ccccc2C)c1. The van der Waals surface area contributed by atoms with E-state index in [-0.39, 0.29) is 12.4 Å². The van der Waals surface area contributed by atoms with Crippen LogP contribution in [-0.2, 0) is 0 Å². The summed E-state index contributed by atoms with van der Waals surface area (Å²) in [6, 6.07) is 14.7. The van der Waals surface area contributed by atoms with Crippen molar-refractivity contribution in [2.75, 3.05) is 12.4 Å². The maximum Gasteiger partial charge on any atom is 0.214 e. The van der Waals surface area contributed by atoms with E-state index in [2.05, 4.69) is 15.5 Å². The Balaban J connectivity index is 1.57. The summed E-state index contributed by atoms with van der Waals surface area (Å²) in [6.45, 7) is 3.60. The van der Waals surface area contributed by atoms with E-state index < -0.39 is 6.10 Å². The van der Waals surface area contributed by atoms with Crippen molar-refractivity contribution in [2.24, 2.45) is 0 Å². The van der Waals surface area contributed by atoms with Gasteiger partial charge in [0.15, 0.2) is 5.78 Å². The van der Waals surface area contributed by atoms with Crippen molar-refractivity contribution >= 4 is 17.5 Å². The third kappa shape index (κ3) is 4.93. The van der Waals surface area contributed by atoms with E-state index in [1.807, 2.05) is 31.2 Å². The molecule has 0 aliphatic heterocycles. The first-order valence-electron chi connectivity index (χ1n) is 8.43. The van der Waals surface area contributed by atoms with Crippen molar-refractivity contribution in [3.8, 4) is 11.4 Å². The zero-order valence-electron chi connectivity index (χ0n) is 15.1. The zero-order chi connectivity index (χ0) is 19.2. The second-order valence-electron chi connectivity index (χ2n) is 6.02. The van der Waals surface area contributed by atoms with Gasteiger partial charge in [-0.1, -0.05) is 42.1 Å². The Morgan fingerprint density at radius 3 is 2.85 bits per heavy atom. The van der Waals surface area contributed by atoms with Gasteiger partial charge in [-0.2, -0.15) is 4.68 Å². The molecule has 2 aromatic carbocycles. The van der Waals surface area contributed by atoms with Crippen molar-refractivity contribution < 1.29 is 14.6 Å². The molecule has 0 fully saturated rings. The van der Waals surface area contributed by atoms with Crippen LogP contribution in [0.5, 0.6) is 5.75 Å². The molecule has 27 heavy (non-hydrogen) atoms. The zero-order valence-corrected chi connectivity index (χ0v) is 15.9. The highest BCUT2D eigenvalue weighted by atomic mass is 32.2. The monoisotopic (exact) mass is 384 g/mol. The average molecular weight is 384 g/mol. The highest BCUT2D eigenvalue weighted by Crippen LogP contribution is 2.21. The number of hydrogen-bond donors (Lipinski definition) is 1. The number of aliphatic hydroxyl groups excluding tert-OH is 1. The second kappa shape index (κ2) is 8.79. The third-order valence-corrected chi connectivity index (χ3v) is 4.94. The van der Waals surface area contributed by atoms with Crippen LogP contribution in [0.4, 0.5) is 0 Å². The lowest BCUT2D eigenvalue weighted by atomic mass is 10.1. The Hall–Kier alpha value is -2.71. The Kier molecular flexibility index (Phi) is 6.20. The smallest absolute Gasteiger partial charge is 0.214 e. The molecule has 1 aromatic heterocycles. The Morgan fingerprint density at radius 1 is 1.26 bits per heavy atom.